The first-order valence-corrected chi connectivity index (χ1v) is 11.8. The van der Waals surface area contributed by atoms with E-state index in [1.165, 1.54) is 21.5 Å². The van der Waals surface area contributed by atoms with Crippen molar-refractivity contribution in [2.24, 2.45) is 5.92 Å². The Hall–Kier alpha value is -2.35. The lowest BCUT2D eigenvalue weighted by atomic mass is 9.95. The first-order chi connectivity index (χ1) is 14.5. The Morgan fingerprint density at radius 2 is 2.13 bits per heavy atom. The maximum absolute atomic E-state index is 5.47. The monoisotopic (exact) mass is 417 g/mol. The summed E-state index contributed by atoms with van der Waals surface area (Å²) in [5.74, 6) is 3.31. The molecule has 0 saturated carbocycles. The van der Waals surface area contributed by atoms with Gasteiger partial charge in [0.25, 0.3) is 0 Å². The lowest BCUT2D eigenvalue weighted by Gasteiger charge is -2.24. The predicted octanol–water partition coefficient (Wildman–Crippen LogP) is 5.82. The highest BCUT2D eigenvalue weighted by Gasteiger charge is 2.30. The Balaban J connectivity index is 1.40. The number of anilines is 1. The van der Waals surface area contributed by atoms with Crippen molar-refractivity contribution in [1.82, 2.24) is 10.3 Å². The van der Waals surface area contributed by atoms with Gasteiger partial charge in [0.05, 0.1) is 15.7 Å². The SMILES string of the molecule is C#CCC(C)Cc1cccc(C(C)NC2CC(C)N(c3ccc4ncsc4c3)C2)c1. The molecule has 2 aromatic carbocycles. The molecule has 2 heterocycles. The van der Waals surface area contributed by atoms with E-state index in [-0.39, 0.29) is 0 Å². The van der Waals surface area contributed by atoms with E-state index in [0.29, 0.717) is 24.0 Å². The first-order valence-electron chi connectivity index (χ1n) is 10.9. The minimum absolute atomic E-state index is 0.328. The molecular weight excluding hydrogens is 386 g/mol. The van der Waals surface area contributed by atoms with Gasteiger partial charge in [-0.2, -0.15) is 0 Å². The van der Waals surface area contributed by atoms with Crippen molar-refractivity contribution in [3.8, 4) is 12.3 Å². The zero-order chi connectivity index (χ0) is 21.1. The minimum atomic E-state index is 0.328. The number of benzene rings is 2. The molecule has 1 aromatic heterocycles. The predicted molar refractivity (Wildman–Crippen MR) is 129 cm³/mol. The number of hydrogen-bond donors (Lipinski definition) is 1. The maximum atomic E-state index is 5.47. The summed E-state index contributed by atoms with van der Waals surface area (Å²) in [7, 11) is 0. The van der Waals surface area contributed by atoms with Crippen molar-refractivity contribution >= 4 is 27.2 Å². The lowest BCUT2D eigenvalue weighted by Crippen LogP contribution is -2.34. The van der Waals surface area contributed by atoms with Gasteiger partial charge in [-0.3, -0.25) is 0 Å². The molecule has 1 N–H and O–H groups in total. The van der Waals surface area contributed by atoms with E-state index in [0.717, 1.165) is 31.3 Å². The van der Waals surface area contributed by atoms with Crippen LogP contribution in [0.3, 0.4) is 0 Å². The lowest BCUT2D eigenvalue weighted by molar-refractivity contribution is 0.473. The topological polar surface area (TPSA) is 28.2 Å². The molecule has 0 amide bonds. The molecule has 3 nitrogen and oxygen atoms in total. The van der Waals surface area contributed by atoms with Crippen LogP contribution < -0.4 is 10.2 Å². The number of hydrogen-bond acceptors (Lipinski definition) is 4. The largest absolute Gasteiger partial charge is 0.367 e. The van der Waals surface area contributed by atoms with Crippen LogP contribution in [-0.2, 0) is 6.42 Å². The Bertz CT molecular complexity index is 1030. The van der Waals surface area contributed by atoms with Gasteiger partial charge in [-0.15, -0.1) is 23.7 Å². The molecule has 1 aliphatic rings. The van der Waals surface area contributed by atoms with Crippen LogP contribution in [0.4, 0.5) is 5.69 Å². The van der Waals surface area contributed by atoms with Crippen LogP contribution in [0.15, 0.2) is 48.0 Å². The summed E-state index contributed by atoms with van der Waals surface area (Å²) in [5, 5.41) is 3.88. The van der Waals surface area contributed by atoms with Crippen LogP contribution in [0, 0.1) is 18.3 Å². The Kier molecular flexibility index (Phi) is 6.41. The van der Waals surface area contributed by atoms with E-state index >= 15 is 0 Å². The van der Waals surface area contributed by atoms with Crippen molar-refractivity contribution in [1.29, 1.82) is 0 Å². The molecule has 156 valence electrons. The number of rotatable bonds is 7. The summed E-state index contributed by atoms with van der Waals surface area (Å²) in [6.45, 7) is 7.87. The third-order valence-corrected chi connectivity index (χ3v) is 7.00. The number of thiazole rings is 1. The average molecular weight is 418 g/mol. The van der Waals surface area contributed by atoms with Crippen molar-refractivity contribution in [3.05, 3.63) is 59.1 Å². The normalized spacial score (nSPS) is 20.9. The van der Waals surface area contributed by atoms with E-state index in [2.05, 4.69) is 84.4 Å². The van der Waals surface area contributed by atoms with Crippen molar-refractivity contribution in [2.75, 3.05) is 11.4 Å². The van der Waals surface area contributed by atoms with E-state index < -0.39 is 0 Å². The molecule has 0 bridgehead atoms. The third-order valence-electron chi connectivity index (χ3n) is 6.21. The molecule has 4 heteroatoms. The highest BCUT2D eigenvalue weighted by Crippen LogP contribution is 2.30. The van der Waals surface area contributed by atoms with Gasteiger partial charge >= 0.3 is 0 Å². The molecular formula is C26H31N3S. The van der Waals surface area contributed by atoms with Crippen molar-refractivity contribution < 1.29 is 0 Å². The van der Waals surface area contributed by atoms with Gasteiger partial charge in [0.1, 0.15) is 0 Å². The maximum Gasteiger partial charge on any atom is 0.0813 e. The van der Waals surface area contributed by atoms with Gasteiger partial charge in [0.2, 0.25) is 0 Å². The van der Waals surface area contributed by atoms with Crippen LogP contribution in [0.5, 0.6) is 0 Å². The van der Waals surface area contributed by atoms with Crippen LogP contribution in [0.2, 0.25) is 0 Å². The molecule has 1 saturated heterocycles. The molecule has 0 radical (unpaired) electrons. The number of nitrogens with one attached hydrogen (secondary N) is 1. The van der Waals surface area contributed by atoms with Gasteiger partial charge in [-0.1, -0.05) is 31.2 Å². The molecule has 0 spiro atoms. The van der Waals surface area contributed by atoms with Gasteiger partial charge < -0.3 is 10.2 Å². The first kappa shape index (κ1) is 20.9. The van der Waals surface area contributed by atoms with Gasteiger partial charge in [-0.25, -0.2) is 4.98 Å². The van der Waals surface area contributed by atoms with Crippen LogP contribution in [0.25, 0.3) is 10.2 Å². The van der Waals surface area contributed by atoms with Crippen LogP contribution in [0.1, 0.15) is 50.8 Å². The number of nitrogens with zero attached hydrogens (tertiary/aromatic N) is 2. The standard InChI is InChI=1S/C26H31N3S/c1-5-7-18(2)12-21-8-6-9-22(14-21)20(4)28-23-13-19(3)29(16-23)24-10-11-25-26(15-24)30-17-27-25/h1,6,8-11,14-15,17-20,23,28H,7,12-13,16H2,2-4H3. The van der Waals surface area contributed by atoms with E-state index in [1.54, 1.807) is 11.3 Å². The number of terminal acetylenes is 1. The number of fused-ring (bicyclic) bond motifs is 1. The molecule has 0 aliphatic carbocycles. The molecule has 30 heavy (non-hydrogen) atoms. The van der Waals surface area contributed by atoms with E-state index in [9.17, 15) is 0 Å². The molecule has 3 aromatic rings. The summed E-state index contributed by atoms with van der Waals surface area (Å²) < 4.78 is 1.26. The van der Waals surface area contributed by atoms with Crippen molar-refractivity contribution in [3.63, 3.8) is 0 Å². The summed E-state index contributed by atoms with van der Waals surface area (Å²) in [6.07, 6.45) is 8.50. The fraction of sp³-hybridized carbons (Fsp3) is 0.423. The van der Waals surface area contributed by atoms with Gasteiger partial charge in [0, 0.05) is 36.8 Å². The highest BCUT2D eigenvalue weighted by molar-refractivity contribution is 7.16. The Morgan fingerprint density at radius 1 is 1.27 bits per heavy atom. The van der Waals surface area contributed by atoms with E-state index in [1.807, 2.05) is 5.51 Å². The van der Waals surface area contributed by atoms with Crippen LogP contribution >= 0.6 is 11.3 Å². The van der Waals surface area contributed by atoms with Crippen molar-refractivity contribution in [2.45, 2.75) is 58.2 Å². The minimum Gasteiger partial charge on any atom is -0.367 e. The second-order valence-corrected chi connectivity index (χ2v) is 9.68. The zero-order valence-electron chi connectivity index (χ0n) is 18.1. The Morgan fingerprint density at radius 3 is 2.97 bits per heavy atom. The Labute approximate surface area is 184 Å². The zero-order valence-corrected chi connectivity index (χ0v) is 19.0. The summed E-state index contributed by atoms with van der Waals surface area (Å²) in [4.78, 5) is 6.94. The summed E-state index contributed by atoms with van der Waals surface area (Å²) in [5.41, 5.74) is 7.06. The van der Waals surface area contributed by atoms with E-state index in [4.69, 9.17) is 6.42 Å². The number of aromatic nitrogens is 1. The highest BCUT2D eigenvalue weighted by atomic mass is 32.1. The molecule has 1 fully saturated rings. The molecule has 1 aliphatic heterocycles. The second-order valence-electron chi connectivity index (χ2n) is 8.79. The smallest absolute Gasteiger partial charge is 0.0813 e. The second kappa shape index (κ2) is 9.20. The quantitative estimate of drug-likeness (QED) is 0.491. The third kappa shape index (κ3) is 4.69. The summed E-state index contributed by atoms with van der Waals surface area (Å²) >= 11 is 1.71. The molecule has 4 atom stereocenters. The van der Waals surface area contributed by atoms with Gasteiger partial charge in [0.15, 0.2) is 0 Å². The fourth-order valence-electron chi connectivity index (χ4n) is 4.65. The van der Waals surface area contributed by atoms with Gasteiger partial charge in [-0.05, 0) is 61.9 Å². The molecule has 4 rings (SSSR count). The molecule has 4 unspecified atom stereocenters. The average Bonchev–Trinajstić information content (AvgIpc) is 3.33. The summed E-state index contributed by atoms with van der Waals surface area (Å²) in [6, 6.07) is 17.0. The van der Waals surface area contributed by atoms with Crippen LogP contribution in [-0.4, -0.2) is 23.6 Å². The fourth-order valence-corrected chi connectivity index (χ4v) is 5.36.